The minimum Gasteiger partial charge on any atom is -0.367 e. The molecule has 1 N–H and O–H groups in total. The normalized spacial score (nSPS) is 13.6. The molecule has 0 aromatic heterocycles. The lowest BCUT2D eigenvalue weighted by molar-refractivity contribution is -0.117. The molecule has 9 heteroatoms. The fraction of sp³-hybridized carbons (Fsp3) is 0.235. The molecule has 0 unspecified atom stereocenters. The van der Waals surface area contributed by atoms with Crippen molar-refractivity contribution < 1.29 is 17.6 Å². The molecule has 1 aliphatic rings. The number of halogens is 3. The highest BCUT2D eigenvalue weighted by Crippen LogP contribution is 2.33. The van der Waals surface area contributed by atoms with E-state index in [2.05, 4.69) is 0 Å². The third-order valence-electron chi connectivity index (χ3n) is 4.06. The maximum atomic E-state index is 14.4. The zero-order chi connectivity index (χ0) is 19.1. The molecule has 0 radical (unpaired) electrons. The van der Waals surface area contributed by atoms with Gasteiger partial charge in [0.15, 0.2) is 0 Å². The molecular weight excluding hydrogens is 402 g/mol. The van der Waals surface area contributed by atoms with E-state index in [4.69, 9.17) is 23.2 Å². The van der Waals surface area contributed by atoms with Crippen LogP contribution in [0.1, 0.15) is 18.1 Å². The Bertz CT molecular complexity index is 996. The zero-order valence-electron chi connectivity index (χ0n) is 13.7. The van der Waals surface area contributed by atoms with Crippen LogP contribution >= 0.6 is 23.2 Å². The highest BCUT2D eigenvalue weighted by Gasteiger charge is 2.24. The van der Waals surface area contributed by atoms with Crippen molar-refractivity contribution in [3.8, 4) is 0 Å². The van der Waals surface area contributed by atoms with Crippen LogP contribution < -0.4 is 9.62 Å². The molecule has 3 rings (SSSR count). The van der Waals surface area contributed by atoms with Crippen molar-refractivity contribution >= 4 is 44.8 Å². The predicted octanol–water partition coefficient (Wildman–Crippen LogP) is 3.52. The van der Waals surface area contributed by atoms with Gasteiger partial charge in [0.2, 0.25) is 5.91 Å². The van der Waals surface area contributed by atoms with Crippen LogP contribution in [0.3, 0.4) is 0 Å². The average molecular weight is 417 g/mol. The Kier molecular flexibility index (Phi) is 5.14. The summed E-state index contributed by atoms with van der Waals surface area (Å²) in [6, 6.07) is 7.68. The summed E-state index contributed by atoms with van der Waals surface area (Å²) in [6.07, 6.45) is 0.811. The molecule has 0 saturated heterocycles. The van der Waals surface area contributed by atoms with Crippen LogP contribution in [0, 0.1) is 5.82 Å². The average Bonchev–Trinajstić information content (AvgIpc) is 2.91. The second-order valence-electron chi connectivity index (χ2n) is 5.98. The summed E-state index contributed by atoms with van der Waals surface area (Å²) in [5.41, 5.74) is 2.54. The fourth-order valence-electron chi connectivity index (χ4n) is 2.95. The monoisotopic (exact) mass is 416 g/mol. The third kappa shape index (κ3) is 3.79. The van der Waals surface area contributed by atoms with Crippen LogP contribution in [0.5, 0.6) is 0 Å². The molecule has 0 spiro atoms. The Labute approximate surface area is 160 Å². The molecule has 2 aromatic carbocycles. The van der Waals surface area contributed by atoms with Gasteiger partial charge in [0.05, 0.1) is 0 Å². The summed E-state index contributed by atoms with van der Waals surface area (Å²) in [6.45, 7) is 2.08. The van der Waals surface area contributed by atoms with Crippen LogP contribution in [0.2, 0.25) is 10.0 Å². The number of nitrogens with one attached hydrogen (secondary N) is 1. The van der Waals surface area contributed by atoms with Crippen molar-refractivity contribution in [3.05, 3.63) is 57.3 Å². The molecule has 138 valence electrons. The molecular formula is C17H15Cl2FN2O3S. The molecule has 0 saturated carbocycles. The minimum absolute atomic E-state index is 0.109. The van der Waals surface area contributed by atoms with E-state index in [1.807, 2.05) is 17.0 Å². The number of nitrogens with zero attached hydrogens (tertiary/aromatic N) is 1. The Morgan fingerprint density at radius 2 is 2.00 bits per heavy atom. The van der Waals surface area contributed by atoms with Crippen LogP contribution in [-0.2, 0) is 27.8 Å². The van der Waals surface area contributed by atoms with E-state index in [0.717, 1.165) is 43.3 Å². The Hall–Kier alpha value is -1.83. The minimum atomic E-state index is -4.30. The van der Waals surface area contributed by atoms with Gasteiger partial charge < -0.3 is 4.90 Å². The van der Waals surface area contributed by atoms with Gasteiger partial charge in [-0.15, -0.1) is 0 Å². The fourth-order valence-corrected chi connectivity index (χ4v) is 4.51. The molecule has 1 amide bonds. The van der Waals surface area contributed by atoms with Gasteiger partial charge in [0.1, 0.15) is 10.7 Å². The van der Waals surface area contributed by atoms with Crippen molar-refractivity contribution in [2.45, 2.75) is 24.8 Å². The lowest BCUT2D eigenvalue weighted by Gasteiger charge is -2.21. The molecule has 1 heterocycles. The molecule has 26 heavy (non-hydrogen) atoms. The first-order valence-electron chi connectivity index (χ1n) is 7.72. The SMILES string of the molecule is CC(=O)NS(=O)(=O)c1cc(Cl)c(CN2CCc3cc(Cl)ccc32)cc1F. The summed E-state index contributed by atoms with van der Waals surface area (Å²) < 4.78 is 40.1. The number of anilines is 1. The number of hydrogen-bond donors (Lipinski definition) is 1. The number of rotatable bonds is 4. The number of sulfonamides is 1. The number of amides is 1. The van der Waals surface area contributed by atoms with Gasteiger partial charge in [0, 0.05) is 35.7 Å². The van der Waals surface area contributed by atoms with E-state index >= 15 is 0 Å². The van der Waals surface area contributed by atoms with Gasteiger partial charge in [-0.25, -0.2) is 17.5 Å². The standard InChI is InChI=1S/C17H15Cl2FN2O3S/c1-10(23)21-26(24,25)17-8-14(19)12(7-15(17)20)9-22-5-4-11-6-13(18)2-3-16(11)22/h2-3,6-8H,4-5,9H2,1H3,(H,21,23). The van der Waals surface area contributed by atoms with E-state index in [0.29, 0.717) is 17.1 Å². The summed E-state index contributed by atoms with van der Waals surface area (Å²) >= 11 is 12.2. The maximum Gasteiger partial charge on any atom is 0.267 e. The van der Waals surface area contributed by atoms with Crippen molar-refractivity contribution in [3.63, 3.8) is 0 Å². The smallest absolute Gasteiger partial charge is 0.267 e. The van der Waals surface area contributed by atoms with Gasteiger partial charge in [0.25, 0.3) is 10.0 Å². The van der Waals surface area contributed by atoms with E-state index in [1.54, 1.807) is 10.8 Å². The highest BCUT2D eigenvalue weighted by atomic mass is 35.5. The second kappa shape index (κ2) is 7.06. The predicted molar refractivity (Wildman–Crippen MR) is 98.6 cm³/mol. The molecule has 1 aliphatic heterocycles. The van der Waals surface area contributed by atoms with Gasteiger partial charge >= 0.3 is 0 Å². The van der Waals surface area contributed by atoms with Crippen LogP contribution in [0.15, 0.2) is 35.2 Å². The van der Waals surface area contributed by atoms with Crippen LogP contribution in [0.4, 0.5) is 10.1 Å². The van der Waals surface area contributed by atoms with Gasteiger partial charge in [-0.1, -0.05) is 23.2 Å². The largest absolute Gasteiger partial charge is 0.367 e. The van der Waals surface area contributed by atoms with Gasteiger partial charge in [-0.05, 0) is 47.9 Å². The first-order chi connectivity index (χ1) is 12.2. The van der Waals surface area contributed by atoms with Crippen molar-refractivity contribution in [2.75, 3.05) is 11.4 Å². The first kappa shape index (κ1) is 18.9. The lowest BCUT2D eigenvalue weighted by Crippen LogP contribution is -2.29. The summed E-state index contributed by atoms with van der Waals surface area (Å²) in [5, 5.41) is 0.764. The van der Waals surface area contributed by atoms with Crippen LogP contribution in [0.25, 0.3) is 0 Å². The van der Waals surface area contributed by atoms with Crippen molar-refractivity contribution in [1.82, 2.24) is 4.72 Å². The topological polar surface area (TPSA) is 66.5 Å². The quantitative estimate of drug-likeness (QED) is 0.827. The molecule has 0 aliphatic carbocycles. The number of benzene rings is 2. The zero-order valence-corrected chi connectivity index (χ0v) is 16.1. The summed E-state index contributed by atoms with van der Waals surface area (Å²) in [5.74, 6) is -1.77. The number of hydrogen-bond acceptors (Lipinski definition) is 4. The van der Waals surface area contributed by atoms with E-state index in [9.17, 15) is 17.6 Å². The van der Waals surface area contributed by atoms with Crippen molar-refractivity contribution in [2.24, 2.45) is 0 Å². The molecule has 5 nitrogen and oxygen atoms in total. The van der Waals surface area contributed by atoms with E-state index in [1.165, 1.54) is 0 Å². The molecule has 2 aromatic rings. The lowest BCUT2D eigenvalue weighted by atomic mass is 10.1. The highest BCUT2D eigenvalue weighted by molar-refractivity contribution is 7.90. The number of fused-ring (bicyclic) bond motifs is 1. The summed E-state index contributed by atoms with van der Waals surface area (Å²) in [4.78, 5) is 12.4. The van der Waals surface area contributed by atoms with Gasteiger partial charge in [-0.3, -0.25) is 4.79 Å². The Balaban J connectivity index is 1.90. The third-order valence-corrected chi connectivity index (χ3v) is 6.10. The Morgan fingerprint density at radius 1 is 1.27 bits per heavy atom. The van der Waals surface area contributed by atoms with Gasteiger partial charge in [-0.2, -0.15) is 0 Å². The summed E-state index contributed by atoms with van der Waals surface area (Å²) in [7, 11) is -4.30. The number of carbonyl (C=O) groups is 1. The first-order valence-corrected chi connectivity index (χ1v) is 9.96. The van der Waals surface area contributed by atoms with Crippen LogP contribution in [-0.4, -0.2) is 20.9 Å². The van der Waals surface area contributed by atoms with E-state index in [-0.39, 0.29) is 5.02 Å². The van der Waals surface area contributed by atoms with Crippen molar-refractivity contribution in [1.29, 1.82) is 0 Å². The second-order valence-corrected chi connectivity index (χ2v) is 8.47. The maximum absolute atomic E-state index is 14.4. The molecule has 0 bridgehead atoms. The van der Waals surface area contributed by atoms with E-state index < -0.39 is 26.6 Å². The Morgan fingerprint density at radius 3 is 2.69 bits per heavy atom. The molecule has 0 atom stereocenters. The molecule has 0 fully saturated rings. The number of carbonyl (C=O) groups excluding carboxylic acids is 1.